The lowest BCUT2D eigenvalue weighted by Crippen LogP contribution is -2.46. The Balaban J connectivity index is 1.92. The summed E-state index contributed by atoms with van der Waals surface area (Å²) in [6.07, 6.45) is 2.49. The predicted molar refractivity (Wildman–Crippen MR) is 136 cm³/mol. The highest BCUT2D eigenvalue weighted by Crippen LogP contribution is 2.31. The van der Waals surface area contributed by atoms with Gasteiger partial charge in [-0.05, 0) is 49.4 Å². The van der Waals surface area contributed by atoms with Crippen LogP contribution in [0.5, 0.6) is 5.75 Å². The van der Waals surface area contributed by atoms with Gasteiger partial charge in [-0.3, -0.25) is 14.5 Å². The first-order valence-corrected chi connectivity index (χ1v) is 12.3. The molecule has 1 aromatic heterocycles. The number of benzene rings is 1. The number of hydrogen-bond acceptors (Lipinski definition) is 7. The summed E-state index contributed by atoms with van der Waals surface area (Å²) in [5.74, 6) is 0.255. The van der Waals surface area contributed by atoms with E-state index in [1.54, 1.807) is 30.1 Å². The van der Waals surface area contributed by atoms with Crippen LogP contribution in [0.4, 0.5) is 0 Å². The van der Waals surface area contributed by atoms with Crippen LogP contribution < -0.4 is 15.2 Å². The van der Waals surface area contributed by atoms with Crippen molar-refractivity contribution in [2.45, 2.75) is 25.9 Å². The maximum atomic E-state index is 13.3. The lowest BCUT2D eigenvalue weighted by Gasteiger charge is -2.36. The largest absolute Gasteiger partial charge is 0.495 e. The van der Waals surface area contributed by atoms with Gasteiger partial charge in [0.15, 0.2) is 0 Å². The molecule has 10 heteroatoms. The van der Waals surface area contributed by atoms with E-state index in [9.17, 15) is 4.79 Å². The highest BCUT2D eigenvalue weighted by molar-refractivity contribution is 7.96. The minimum atomic E-state index is -0.350. The number of aromatic nitrogens is 1. The first-order chi connectivity index (χ1) is 15.8. The van der Waals surface area contributed by atoms with E-state index in [0.717, 1.165) is 11.1 Å². The third kappa shape index (κ3) is 5.46. The van der Waals surface area contributed by atoms with Gasteiger partial charge in [-0.25, -0.2) is 4.98 Å². The van der Waals surface area contributed by atoms with E-state index < -0.39 is 0 Å². The molecular weight excluding hydrogens is 481 g/mol. The quantitative estimate of drug-likeness (QED) is 0.329. The zero-order valence-electron chi connectivity index (χ0n) is 19.0. The summed E-state index contributed by atoms with van der Waals surface area (Å²) >= 11 is 14.2. The number of amides is 1. The molecule has 7 nitrogen and oxygen atoms in total. The van der Waals surface area contributed by atoms with Crippen molar-refractivity contribution in [1.29, 1.82) is 0 Å². The third-order valence-electron chi connectivity index (χ3n) is 5.57. The Labute approximate surface area is 208 Å². The van der Waals surface area contributed by atoms with E-state index in [4.69, 9.17) is 33.7 Å². The molecule has 1 atom stereocenters. The predicted octanol–water partition coefficient (Wildman–Crippen LogP) is 4.33. The molecule has 1 unspecified atom stereocenters. The number of methoxy groups -OCH3 is 1. The van der Waals surface area contributed by atoms with Crippen LogP contribution in [0.2, 0.25) is 10.2 Å². The Kier molecular flexibility index (Phi) is 8.64. The molecule has 3 rings (SSSR count). The smallest absolute Gasteiger partial charge is 0.256 e. The van der Waals surface area contributed by atoms with E-state index in [0.29, 0.717) is 53.1 Å². The Morgan fingerprint density at radius 2 is 2.15 bits per heavy atom. The van der Waals surface area contributed by atoms with Gasteiger partial charge in [0.05, 0.1) is 35.1 Å². The number of nitrogens with two attached hydrogens (primary N) is 1. The Hall–Kier alpha value is -2.26. The average molecular weight is 508 g/mol. The molecule has 2 heterocycles. The molecule has 2 aromatic rings. The van der Waals surface area contributed by atoms with Crippen molar-refractivity contribution in [3.63, 3.8) is 0 Å². The van der Waals surface area contributed by atoms with Crippen molar-refractivity contribution >= 4 is 46.8 Å². The molecule has 0 spiro atoms. The molecular formula is C23H27Cl2N5O2S. The van der Waals surface area contributed by atoms with Gasteiger partial charge in [0.1, 0.15) is 10.9 Å². The second kappa shape index (κ2) is 11.2. The number of pyridine rings is 1. The Morgan fingerprint density at radius 1 is 1.39 bits per heavy atom. The van der Waals surface area contributed by atoms with Crippen molar-refractivity contribution in [1.82, 2.24) is 14.6 Å². The molecule has 0 radical (unpaired) electrons. The summed E-state index contributed by atoms with van der Waals surface area (Å²) in [4.78, 5) is 24.0. The number of aliphatic imine (C=N–C) groups is 1. The van der Waals surface area contributed by atoms with Gasteiger partial charge in [0, 0.05) is 31.4 Å². The Morgan fingerprint density at radius 3 is 2.82 bits per heavy atom. The van der Waals surface area contributed by atoms with Crippen LogP contribution in [-0.2, 0) is 6.54 Å². The van der Waals surface area contributed by atoms with Crippen LogP contribution in [0.15, 0.2) is 46.6 Å². The number of hydrogen-bond donors (Lipinski definition) is 2. The fourth-order valence-corrected chi connectivity index (χ4v) is 4.67. The summed E-state index contributed by atoms with van der Waals surface area (Å²) in [7, 11) is 3.22. The number of nitrogens with zero attached hydrogens (tertiary/aromatic N) is 3. The second-order valence-corrected chi connectivity index (χ2v) is 8.92. The van der Waals surface area contributed by atoms with Gasteiger partial charge >= 0.3 is 0 Å². The van der Waals surface area contributed by atoms with Crippen LogP contribution in [0.25, 0.3) is 0 Å². The van der Waals surface area contributed by atoms with Crippen molar-refractivity contribution < 1.29 is 9.53 Å². The van der Waals surface area contributed by atoms with Gasteiger partial charge in [-0.15, -0.1) is 0 Å². The minimum absolute atomic E-state index is 0.199. The number of carbonyl (C=O) groups excluding carboxylic acids is 1. The average Bonchev–Trinajstić information content (AvgIpc) is 2.80. The molecule has 0 aliphatic carbocycles. The van der Waals surface area contributed by atoms with Crippen molar-refractivity contribution in [2.75, 3.05) is 27.0 Å². The van der Waals surface area contributed by atoms with Crippen LogP contribution in [0.1, 0.15) is 35.0 Å². The molecule has 1 amide bonds. The van der Waals surface area contributed by atoms with Crippen molar-refractivity contribution in [3.05, 3.63) is 68.6 Å². The summed E-state index contributed by atoms with van der Waals surface area (Å²) in [6, 6.07) is 8.58. The molecule has 1 aliphatic heterocycles. The molecule has 1 aliphatic rings. The standard InChI is InChI=1S/C23H27Cl2N5O2S/c1-13-21(26)16(22(27-2)17-10-14(12-28-33-4)11-19(24)29-17)8-9-30(13)23(31)15-6-5-7-18(32-3)20(15)25/h5-7,10-11,13,28H,8-9,12,26H2,1-4H3. The van der Waals surface area contributed by atoms with Crippen LogP contribution in [-0.4, -0.2) is 54.5 Å². The SMILES string of the molecule is CN=C(C1=C(N)C(C)N(C(=O)c2cccc(OC)c2Cl)CC1)c1cc(CNSC)cc(Cl)n1. The van der Waals surface area contributed by atoms with Gasteiger partial charge in [-0.2, -0.15) is 0 Å². The van der Waals surface area contributed by atoms with E-state index in [-0.39, 0.29) is 17.0 Å². The van der Waals surface area contributed by atoms with Gasteiger partial charge in [0.2, 0.25) is 0 Å². The number of nitrogens with one attached hydrogen (secondary N) is 1. The summed E-state index contributed by atoms with van der Waals surface area (Å²) in [5, 5.41) is 0.676. The van der Waals surface area contributed by atoms with Crippen molar-refractivity contribution in [3.8, 4) is 5.75 Å². The molecule has 1 aromatic carbocycles. The van der Waals surface area contributed by atoms with E-state index in [1.807, 2.05) is 25.3 Å². The lowest BCUT2D eigenvalue weighted by atomic mass is 9.93. The van der Waals surface area contributed by atoms with Crippen LogP contribution >= 0.6 is 35.1 Å². The fourth-order valence-electron chi connectivity index (χ4n) is 3.84. The maximum absolute atomic E-state index is 13.3. The molecule has 0 saturated heterocycles. The second-order valence-electron chi connectivity index (χ2n) is 7.46. The summed E-state index contributed by atoms with van der Waals surface area (Å²) in [6.45, 7) is 3.00. The molecule has 176 valence electrons. The normalized spacial score (nSPS) is 16.8. The van der Waals surface area contributed by atoms with E-state index in [1.165, 1.54) is 19.1 Å². The first kappa shape index (κ1) is 25.4. The Bertz CT molecular complexity index is 1110. The molecule has 33 heavy (non-hydrogen) atoms. The first-order valence-electron chi connectivity index (χ1n) is 10.3. The van der Waals surface area contributed by atoms with Gasteiger partial charge in [0.25, 0.3) is 5.91 Å². The van der Waals surface area contributed by atoms with Gasteiger partial charge in [-0.1, -0.05) is 41.2 Å². The number of carbonyl (C=O) groups is 1. The molecule has 0 bridgehead atoms. The highest BCUT2D eigenvalue weighted by Gasteiger charge is 2.32. The van der Waals surface area contributed by atoms with Crippen molar-refractivity contribution in [2.24, 2.45) is 10.7 Å². The number of rotatable bonds is 7. The van der Waals surface area contributed by atoms with Crippen LogP contribution in [0.3, 0.4) is 0 Å². The van der Waals surface area contributed by atoms with Crippen LogP contribution in [0, 0.1) is 0 Å². The van der Waals surface area contributed by atoms with E-state index in [2.05, 4.69) is 14.7 Å². The highest BCUT2D eigenvalue weighted by atomic mass is 35.5. The fraction of sp³-hybridized carbons (Fsp3) is 0.348. The minimum Gasteiger partial charge on any atom is -0.495 e. The molecule has 0 saturated carbocycles. The van der Waals surface area contributed by atoms with E-state index >= 15 is 0 Å². The third-order valence-corrected chi connectivity index (χ3v) is 6.59. The number of ether oxygens (including phenoxy) is 1. The molecule has 3 N–H and O–H groups in total. The summed E-state index contributed by atoms with van der Waals surface area (Å²) in [5.41, 5.74) is 10.7. The zero-order valence-corrected chi connectivity index (χ0v) is 21.3. The monoisotopic (exact) mass is 507 g/mol. The lowest BCUT2D eigenvalue weighted by molar-refractivity contribution is 0.0706. The van der Waals surface area contributed by atoms with Gasteiger partial charge < -0.3 is 15.4 Å². The zero-order chi connectivity index (χ0) is 24.1. The molecule has 0 fully saturated rings. The topological polar surface area (TPSA) is 92.8 Å². The number of halogens is 2. The maximum Gasteiger partial charge on any atom is 0.256 e. The summed E-state index contributed by atoms with van der Waals surface area (Å²) < 4.78 is 8.46.